The first-order valence-corrected chi connectivity index (χ1v) is 7.40. The van der Waals surface area contributed by atoms with Crippen molar-refractivity contribution < 1.29 is 0 Å². The van der Waals surface area contributed by atoms with Crippen LogP contribution in [-0.2, 0) is 0 Å². The van der Waals surface area contributed by atoms with Crippen LogP contribution >= 0.6 is 0 Å². The summed E-state index contributed by atoms with van der Waals surface area (Å²) in [6.07, 6.45) is 4.26. The van der Waals surface area contributed by atoms with Gasteiger partial charge in [0.2, 0.25) is 0 Å². The standard InChI is InChI=1S/C15H30N2/c1-12(2)14-11-16-9-7-6-8-13(16)10-17(14)15(3,4)5/h12-14H,6-11H2,1-5H3. The summed E-state index contributed by atoms with van der Waals surface area (Å²) in [7, 11) is 0. The predicted octanol–water partition coefficient (Wildman–Crippen LogP) is 2.98. The van der Waals surface area contributed by atoms with E-state index in [-0.39, 0.29) is 0 Å². The summed E-state index contributed by atoms with van der Waals surface area (Å²) in [6, 6.07) is 1.57. The SMILES string of the molecule is CC(C)C1CN2CCCCC2CN1C(C)(C)C. The maximum atomic E-state index is 2.77. The fourth-order valence-corrected chi connectivity index (χ4v) is 3.55. The van der Waals surface area contributed by atoms with E-state index < -0.39 is 0 Å². The van der Waals surface area contributed by atoms with Crippen LogP contribution in [0.15, 0.2) is 0 Å². The Hall–Kier alpha value is -0.0800. The van der Waals surface area contributed by atoms with Crippen LogP contribution in [-0.4, -0.2) is 47.1 Å². The summed E-state index contributed by atoms with van der Waals surface area (Å²) in [5.41, 5.74) is 0.318. The van der Waals surface area contributed by atoms with Gasteiger partial charge in [-0.1, -0.05) is 20.3 Å². The molecule has 2 fully saturated rings. The van der Waals surface area contributed by atoms with Crippen LogP contribution in [0.5, 0.6) is 0 Å². The molecule has 0 radical (unpaired) electrons. The van der Waals surface area contributed by atoms with E-state index in [4.69, 9.17) is 0 Å². The van der Waals surface area contributed by atoms with Crippen LogP contribution in [0.4, 0.5) is 0 Å². The third kappa shape index (κ3) is 2.85. The molecule has 0 aliphatic carbocycles. The van der Waals surface area contributed by atoms with Gasteiger partial charge in [0.25, 0.3) is 0 Å². The lowest BCUT2D eigenvalue weighted by molar-refractivity contribution is -0.0509. The van der Waals surface area contributed by atoms with Crippen molar-refractivity contribution in [1.82, 2.24) is 9.80 Å². The minimum absolute atomic E-state index is 0.318. The van der Waals surface area contributed by atoms with Gasteiger partial charge in [-0.15, -0.1) is 0 Å². The fourth-order valence-electron chi connectivity index (χ4n) is 3.55. The first-order chi connectivity index (χ1) is 7.89. The van der Waals surface area contributed by atoms with Crippen molar-refractivity contribution in [2.75, 3.05) is 19.6 Å². The molecule has 2 heterocycles. The number of rotatable bonds is 1. The van der Waals surface area contributed by atoms with Crippen molar-refractivity contribution in [3.05, 3.63) is 0 Å². The highest BCUT2D eigenvalue weighted by atomic mass is 15.3. The number of fused-ring (bicyclic) bond motifs is 1. The molecule has 0 aromatic rings. The lowest BCUT2D eigenvalue weighted by Gasteiger charge is -2.54. The van der Waals surface area contributed by atoms with E-state index in [9.17, 15) is 0 Å². The Kier molecular flexibility index (Phi) is 3.84. The zero-order valence-corrected chi connectivity index (χ0v) is 12.4. The van der Waals surface area contributed by atoms with Crippen molar-refractivity contribution in [3.63, 3.8) is 0 Å². The quantitative estimate of drug-likeness (QED) is 0.693. The molecule has 0 saturated carbocycles. The topological polar surface area (TPSA) is 6.48 Å². The van der Waals surface area contributed by atoms with Crippen LogP contribution in [0.1, 0.15) is 53.9 Å². The second-order valence-electron chi connectivity index (χ2n) is 7.28. The van der Waals surface area contributed by atoms with Gasteiger partial charge < -0.3 is 0 Å². The Labute approximate surface area is 107 Å². The number of piperazine rings is 1. The molecule has 2 atom stereocenters. The van der Waals surface area contributed by atoms with E-state index in [0.717, 1.165) is 18.0 Å². The van der Waals surface area contributed by atoms with Gasteiger partial charge in [-0.25, -0.2) is 0 Å². The molecule has 0 N–H and O–H groups in total. The Morgan fingerprint density at radius 2 is 1.76 bits per heavy atom. The molecule has 2 unspecified atom stereocenters. The van der Waals surface area contributed by atoms with Crippen molar-refractivity contribution in [2.24, 2.45) is 5.92 Å². The highest BCUT2D eigenvalue weighted by Gasteiger charge is 2.40. The summed E-state index contributed by atoms with van der Waals surface area (Å²) >= 11 is 0. The van der Waals surface area contributed by atoms with E-state index in [1.54, 1.807) is 0 Å². The van der Waals surface area contributed by atoms with Crippen LogP contribution in [0, 0.1) is 5.92 Å². The molecule has 0 bridgehead atoms. The smallest absolute Gasteiger partial charge is 0.0252 e. The maximum Gasteiger partial charge on any atom is 0.0252 e. The average molecular weight is 238 g/mol. The number of piperidine rings is 1. The molecule has 0 aromatic heterocycles. The predicted molar refractivity (Wildman–Crippen MR) is 74.3 cm³/mol. The van der Waals surface area contributed by atoms with Gasteiger partial charge in [0.15, 0.2) is 0 Å². The molecule has 100 valence electrons. The monoisotopic (exact) mass is 238 g/mol. The van der Waals surface area contributed by atoms with Crippen molar-refractivity contribution in [3.8, 4) is 0 Å². The third-order valence-electron chi connectivity index (χ3n) is 4.61. The number of hydrogen-bond donors (Lipinski definition) is 0. The summed E-state index contributed by atoms with van der Waals surface area (Å²) in [6.45, 7) is 15.8. The Morgan fingerprint density at radius 3 is 2.35 bits per heavy atom. The molecular formula is C15H30N2. The van der Waals surface area contributed by atoms with Crippen molar-refractivity contribution in [1.29, 1.82) is 0 Å². The second-order valence-corrected chi connectivity index (χ2v) is 7.28. The highest BCUT2D eigenvalue weighted by molar-refractivity contribution is 4.96. The molecule has 2 heteroatoms. The largest absolute Gasteiger partial charge is 0.298 e. The van der Waals surface area contributed by atoms with E-state index >= 15 is 0 Å². The summed E-state index contributed by atoms with van der Waals surface area (Å²) in [4.78, 5) is 5.53. The van der Waals surface area contributed by atoms with Gasteiger partial charge in [0.1, 0.15) is 0 Å². The van der Waals surface area contributed by atoms with E-state index in [0.29, 0.717) is 5.54 Å². The molecule has 2 aliphatic rings. The third-order valence-corrected chi connectivity index (χ3v) is 4.61. The normalized spacial score (nSPS) is 32.8. The van der Waals surface area contributed by atoms with Gasteiger partial charge in [-0.3, -0.25) is 9.80 Å². The maximum absolute atomic E-state index is 2.77. The first kappa shape index (κ1) is 13.4. The molecule has 0 amide bonds. The van der Waals surface area contributed by atoms with Gasteiger partial charge in [0, 0.05) is 30.7 Å². The van der Waals surface area contributed by atoms with Gasteiger partial charge in [-0.2, -0.15) is 0 Å². The number of hydrogen-bond acceptors (Lipinski definition) is 2. The second kappa shape index (κ2) is 4.89. The molecular weight excluding hydrogens is 208 g/mol. The van der Waals surface area contributed by atoms with Crippen molar-refractivity contribution >= 4 is 0 Å². The molecule has 2 saturated heterocycles. The average Bonchev–Trinajstić information content (AvgIpc) is 2.26. The summed E-state index contributed by atoms with van der Waals surface area (Å²) in [5.74, 6) is 0.761. The highest BCUT2D eigenvalue weighted by Crippen LogP contribution is 2.31. The molecule has 2 aliphatic heterocycles. The Morgan fingerprint density at radius 1 is 1.06 bits per heavy atom. The van der Waals surface area contributed by atoms with Crippen LogP contribution in [0.2, 0.25) is 0 Å². The summed E-state index contributed by atoms with van der Waals surface area (Å²) < 4.78 is 0. The zero-order chi connectivity index (χ0) is 12.6. The van der Waals surface area contributed by atoms with Gasteiger partial charge in [0.05, 0.1) is 0 Å². The molecule has 2 nitrogen and oxygen atoms in total. The molecule has 0 spiro atoms. The van der Waals surface area contributed by atoms with Crippen molar-refractivity contribution in [2.45, 2.75) is 71.5 Å². The van der Waals surface area contributed by atoms with Gasteiger partial charge in [-0.05, 0) is 46.1 Å². The first-order valence-electron chi connectivity index (χ1n) is 7.40. The van der Waals surface area contributed by atoms with Crippen LogP contribution in [0.25, 0.3) is 0 Å². The van der Waals surface area contributed by atoms with E-state index in [2.05, 4.69) is 44.4 Å². The fraction of sp³-hybridized carbons (Fsp3) is 1.00. The zero-order valence-electron chi connectivity index (χ0n) is 12.4. The molecule has 0 aromatic carbocycles. The van der Waals surface area contributed by atoms with E-state index in [1.165, 1.54) is 38.9 Å². The lowest BCUT2D eigenvalue weighted by Crippen LogP contribution is -2.65. The van der Waals surface area contributed by atoms with Crippen LogP contribution < -0.4 is 0 Å². The summed E-state index contributed by atoms with van der Waals surface area (Å²) in [5, 5.41) is 0. The Bertz CT molecular complexity index is 254. The van der Waals surface area contributed by atoms with Crippen LogP contribution in [0.3, 0.4) is 0 Å². The Balaban J connectivity index is 2.13. The minimum atomic E-state index is 0.318. The van der Waals surface area contributed by atoms with Gasteiger partial charge >= 0.3 is 0 Å². The lowest BCUT2D eigenvalue weighted by atomic mass is 9.88. The molecule has 2 rings (SSSR count). The molecule has 17 heavy (non-hydrogen) atoms. The number of nitrogens with zero attached hydrogens (tertiary/aromatic N) is 2. The van der Waals surface area contributed by atoms with E-state index in [1.807, 2.05) is 0 Å². The minimum Gasteiger partial charge on any atom is -0.298 e.